The summed E-state index contributed by atoms with van der Waals surface area (Å²) in [7, 11) is 0. The van der Waals surface area contributed by atoms with Gasteiger partial charge in [0.25, 0.3) is 0 Å². The van der Waals surface area contributed by atoms with Gasteiger partial charge < -0.3 is 10.2 Å². The third-order valence-electron chi connectivity index (χ3n) is 2.99. The van der Waals surface area contributed by atoms with Crippen LogP contribution in [0, 0.1) is 5.92 Å². The third kappa shape index (κ3) is 5.23. The number of hydrogen-bond donors (Lipinski definition) is 1. The van der Waals surface area contributed by atoms with Crippen molar-refractivity contribution in [1.29, 1.82) is 0 Å². The average Bonchev–Trinajstić information content (AvgIpc) is 2.26. The predicted octanol–water partition coefficient (Wildman–Crippen LogP) is 2.06. The summed E-state index contributed by atoms with van der Waals surface area (Å²) in [6, 6.07) is 0. The molecule has 0 aromatic heterocycles. The maximum absolute atomic E-state index is 3.43. The molecule has 1 N–H and O–H groups in total. The minimum absolute atomic E-state index is 0.783. The van der Waals surface area contributed by atoms with E-state index in [0.29, 0.717) is 0 Å². The molecule has 90 valence electrons. The average molecular weight is 230 g/mol. The monoisotopic (exact) mass is 230 g/mol. The van der Waals surface area contributed by atoms with E-state index in [-0.39, 0.29) is 0 Å². The molecule has 0 radical (unpaired) electrons. The first-order valence-electron chi connectivity index (χ1n) is 6.30. The van der Waals surface area contributed by atoms with Crippen LogP contribution in [0.3, 0.4) is 0 Å². The van der Waals surface area contributed by atoms with Gasteiger partial charge in [0.2, 0.25) is 0 Å². The smallest absolute Gasteiger partial charge is 0.0172 e. The largest absolute Gasteiger partial charge is 0.317 e. The minimum atomic E-state index is 0.783. The van der Waals surface area contributed by atoms with Crippen molar-refractivity contribution in [3.05, 3.63) is 0 Å². The quantitative estimate of drug-likeness (QED) is 0.752. The molecule has 0 saturated carbocycles. The number of nitrogens with zero attached hydrogens (tertiary/aromatic N) is 1. The van der Waals surface area contributed by atoms with Gasteiger partial charge in [0.1, 0.15) is 0 Å². The van der Waals surface area contributed by atoms with E-state index in [0.717, 1.165) is 24.3 Å². The third-order valence-corrected chi connectivity index (χ3v) is 4.36. The summed E-state index contributed by atoms with van der Waals surface area (Å²) in [5, 5.41) is 4.31. The highest BCUT2D eigenvalue weighted by atomic mass is 32.2. The summed E-state index contributed by atoms with van der Waals surface area (Å²) < 4.78 is 0. The first kappa shape index (κ1) is 13.3. The van der Waals surface area contributed by atoms with Gasteiger partial charge >= 0.3 is 0 Å². The van der Waals surface area contributed by atoms with E-state index in [9.17, 15) is 0 Å². The van der Waals surface area contributed by atoms with Crippen molar-refractivity contribution in [1.82, 2.24) is 10.2 Å². The molecule has 1 aliphatic rings. The molecule has 3 heteroatoms. The van der Waals surface area contributed by atoms with Crippen molar-refractivity contribution in [2.75, 3.05) is 38.5 Å². The summed E-state index contributed by atoms with van der Waals surface area (Å²) in [5.41, 5.74) is 0. The number of thioether (sulfide) groups is 1. The second kappa shape index (κ2) is 7.53. The second-order valence-corrected chi connectivity index (χ2v) is 5.98. The summed E-state index contributed by atoms with van der Waals surface area (Å²) in [5.74, 6) is 2.11. The molecule has 1 fully saturated rings. The lowest BCUT2D eigenvalue weighted by atomic mass is 10.1. The van der Waals surface area contributed by atoms with E-state index < -0.39 is 0 Å². The highest BCUT2D eigenvalue weighted by Gasteiger charge is 2.19. The zero-order chi connectivity index (χ0) is 11.1. The zero-order valence-electron chi connectivity index (χ0n) is 10.5. The minimum Gasteiger partial charge on any atom is -0.317 e. The molecule has 0 bridgehead atoms. The second-order valence-electron chi connectivity index (χ2n) is 4.57. The van der Waals surface area contributed by atoms with Crippen molar-refractivity contribution in [3.8, 4) is 0 Å². The van der Waals surface area contributed by atoms with Crippen molar-refractivity contribution >= 4 is 11.8 Å². The Bertz CT molecular complexity index is 164. The number of hydrogen-bond acceptors (Lipinski definition) is 3. The lowest BCUT2D eigenvalue weighted by Gasteiger charge is -2.33. The highest BCUT2D eigenvalue weighted by molar-refractivity contribution is 8.00. The number of rotatable bonds is 6. The Hall–Kier alpha value is 0.270. The fourth-order valence-electron chi connectivity index (χ4n) is 2.09. The van der Waals surface area contributed by atoms with E-state index in [1.54, 1.807) is 0 Å². The summed E-state index contributed by atoms with van der Waals surface area (Å²) >= 11 is 2.15. The van der Waals surface area contributed by atoms with Crippen molar-refractivity contribution < 1.29 is 0 Å². The fourth-order valence-corrected chi connectivity index (χ4v) is 3.34. The van der Waals surface area contributed by atoms with Crippen molar-refractivity contribution in [2.45, 2.75) is 32.4 Å². The van der Waals surface area contributed by atoms with Gasteiger partial charge in [-0.1, -0.05) is 20.8 Å². The predicted molar refractivity (Wildman–Crippen MR) is 70.7 cm³/mol. The van der Waals surface area contributed by atoms with Crippen molar-refractivity contribution in [3.63, 3.8) is 0 Å². The van der Waals surface area contributed by atoms with E-state index in [2.05, 4.69) is 42.7 Å². The molecule has 0 aromatic carbocycles. The van der Waals surface area contributed by atoms with Crippen LogP contribution >= 0.6 is 11.8 Å². The molecule has 0 aliphatic carbocycles. The molecule has 0 aromatic rings. The van der Waals surface area contributed by atoms with E-state index in [4.69, 9.17) is 0 Å². The molecule has 2 unspecified atom stereocenters. The molecule has 2 nitrogen and oxygen atoms in total. The Labute approximate surface area is 99.2 Å². The van der Waals surface area contributed by atoms with Gasteiger partial charge in [-0.3, -0.25) is 0 Å². The van der Waals surface area contributed by atoms with Crippen LogP contribution in [-0.4, -0.2) is 48.6 Å². The van der Waals surface area contributed by atoms with Gasteiger partial charge in [-0.05, 0) is 25.4 Å². The molecule has 1 saturated heterocycles. The van der Waals surface area contributed by atoms with Gasteiger partial charge in [0.05, 0.1) is 0 Å². The first-order chi connectivity index (χ1) is 7.26. The normalized spacial score (nSPS) is 25.4. The van der Waals surface area contributed by atoms with Gasteiger partial charge in [0, 0.05) is 30.6 Å². The van der Waals surface area contributed by atoms with Gasteiger partial charge in [-0.25, -0.2) is 0 Å². The van der Waals surface area contributed by atoms with Gasteiger partial charge in [-0.15, -0.1) is 0 Å². The Morgan fingerprint density at radius 1 is 1.47 bits per heavy atom. The standard InChI is InChI=1S/C12H26N2S/c1-4-12-10-14(6-7-15-12)9-11(3)8-13-5-2/h11-13H,4-10H2,1-3H3. The number of nitrogens with one attached hydrogen (secondary N) is 1. The van der Waals surface area contributed by atoms with E-state index in [1.807, 2.05) is 0 Å². The molecule has 1 rings (SSSR count). The molecule has 15 heavy (non-hydrogen) atoms. The highest BCUT2D eigenvalue weighted by Crippen LogP contribution is 2.21. The van der Waals surface area contributed by atoms with Crippen LogP contribution in [0.25, 0.3) is 0 Å². The molecule has 0 spiro atoms. The summed E-state index contributed by atoms with van der Waals surface area (Å²) in [6.07, 6.45) is 1.32. The molecule has 1 aliphatic heterocycles. The molecule has 2 atom stereocenters. The molecule has 1 heterocycles. The van der Waals surface area contributed by atoms with Gasteiger partial charge in [0.15, 0.2) is 0 Å². The van der Waals surface area contributed by atoms with Gasteiger partial charge in [-0.2, -0.15) is 11.8 Å². The molecular weight excluding hydrogens is 204 g/mol. The van der Waals surface area contributed by atoms with Crippen molar-refractivity contribution in [2.24, 2.45) is 5.92 Å². The SMILES string of the molecule is CCNCC(C)CN1CCSC(CC)C1. The summed E-state index contributed by atoms with van der Waals surface area (Å²) in [6.45, 7) is 13.0. The fraction of sp³-hybridized carbons (Fsp3) is 1.00. The van der Waals surface area contributed by atoms with Crippen LogP contribution in [-0.2, 0) is 0 Å². The molecule has 0 amide bonds. The Kier molecular flexibility index (Phi) is 6.69. The van der Waals surface area contributed by atoms with Crippen LogP contribution in [0.15, 0.2) is 0 Å². The van der Waals surface area contributed by atoms with Crippen LogP contribution in [0.1, 0.15) is 27.2 Å². The zero-order valence-corrected chi connectivity index (χ0v) is 11.3. The van der Waals surface area contributed by atoms with E-state index >= 15 is 0 Å². The maximum atomic E-state index is 3.43. The van der Waals surface area contributed by atoms with Crippen LogP contribution < -0.4 is 5.32 Å². The Balaban J connectivity index is 2.19. The lowest BCUT2D eigenvalue weighted by molar-refractivity contribution is 0.241. The maximum Gasteiger partial charge on any atom is 0.0172 e. The van der Waals surface area contributed by atoms with Crippen LogP contribution in [0.2, 0.25) is 0 Å². The Morgan fingerprint density at radius 2 is 2.27 bits per heavy atom. The molecular formula is C12H26N2S. The van der Waals surface area contributed by atoms with Crippen LogP contribution in [0.5, 0.6) is 0 Å². The van der Waals surface area contributed by atoms with Crippen LogP contribution in [0.4, 0.5) is 0 Å². The first-order valence-corrected chi connectivity index (χ1v) is 7.35. The Morgan fingerprint density at radius 3 is 2.93 bits per heavy atom. The lowest BCUT2D eigenvalue weighted by Crippen LogP contribution is -2.41. The summed E-state index contributed by atoms with van der Waals surface area (Å²) in [4.78, 5) is 2.65. The van der Waals surface area contributed by atoms with E-state index in [1.165, 1.54) is 31.8 Å². The topological polar surface area (TPSA) is 15.3 Å².